The largest absolute Gasteiger partial charge is 0.336 e. The summed E-state index contributed by atoms with van der Waals surface area (Å²) in [5.74, 6) is 0.150. The van der Waals surface area contributed by atoms with Gasteiger partial charge < -0.3 is 9.47 Å². The van der Waals surface area contributed by atoms with Gasteiger partial charge in [0.25, 0.3) is 5.91 Å². The van der Waals surface area contributed by atoms with Crippen molar-refractivity contribution in [2.45, 2.75) is 46.1 Å². The second-order valence-electron chi connectivity index (χ2n) is 9.53. The molecular weight excluding hydrogens is 384 g/mol. The lowest BCUT2D eigenvalue weighted by molar-refractivity contribution is 0.0638. The Bertz CT molecular complexity index is 1040. The second kappa shape index (κ2) is 8.83. The van der Waals surface area contributed by atoms with Crippen LogP contribution in [0.25, 0.3) is 11.0 Å². The van der Waals surface area contributed by atoms with E-state index in [0.717, 1.165) is 56.9 Å². The van der Waals surface area contributed by atoms with Crippen molar-refractivity contribution in [3.63, 3.8) is 0 Å². The number of pyridine rings is 1. The van der Waals surface area contributed by atoms with Crippen LogP contribution in [-0.4, -0.2) is 58.0 Å². The van der Waals surface area contributed by atoms with Crippen LogP contribution in [0.4, 0.5) is 0 Å². The molecule has 5 nitrogen and oxygen atoms in total. The molecule has 5 heteroatoms. The van der Waals surface area contributed by atoms with Gasteiger partial charge in [-0.05, 0) is 54.2 Å². The Morgan fingerprint density at radius 1 is 1.03 bits per heavy atom. The molecule has 2 aromatic heterocycles. The number of carbonyl (C=O) groups excluding carboxylic acids is 1. The molecule has 1 aromatic carbocycles. The van der Waals surface area contributed by atoms with E-state index < -0.39 is 0 Å². The van der Waals surface area contributed by atoms with Crippen molar-refractivity contribution in [3.8, 4) is 0 Å². The molecule has 164 valence electrons. The van der Waals surface area contributed by atoms with Crippen molar-refractivity contribution in [2.75, 3.05) is 32.7 Å². The van der Waals surface area contributed by atoms with Crippen LogP contribution >= 0.6 is 0 Å². The lowest BCUT2D eigenvalue weighted by atomic mass is 9.86. The number of hydrogen-bond acceptors (Lipinski definition) is 3. The predicted molar refractivity (Wildman–Crippen MR) is 127 cm³/mol. The van der Waals surface area contributed by atoms with E-state index in [-0.39, 0.29) is 11.3 Å². The smallest absolute Gasteiger partial charge is 0.253 e. The Morgan fingerprint density at radius 2 is 1.74 bits per heavy atom. The number of carbonyl (C=O) groups is 1. The van der Waals surface area contributed by atoms with E-state index in [1.807, 2.05) is 29.3 Å². The monoisotopic (exact) mass is 418 g/mol. The first-order valence-electron chi connectivity index (χ1n) is 11.4. The van der Waals surface area contributed by atoms with Crippen LogP contribution in [0.15, 0.2) is 48.8 Å². The molecule has 1 saturated heterocycles. The zero-order valence-corrected chi connectivity index (χ0v) is 19.3. The quantitative estimate of drug-likeness (QED) is 0.618. The number of nitrogens with zero attached hydrogens (tertiary/aromatic N) is 4. The number of hydrogen-bond donors (Lipinski definition) is 0. The van der Waals surface area contributed by atoms with Crippen LogP contribution in [0.3, 0.4) is 0 Å². The molecule has 0 radical (unpaired) electrons. The van der Waals surface area contributed by atoms with Gasteiger partial charge in [-0.1, -0.05) is 32.9 Å². The molecule has 1 amide bonds. The Morgan fingerprint density at radius 3 is 2.39 bits per heavy atom. The van der Waals surface area contributed by atoms with Crippen LogP contribution in [0.1, 0.15) is 49.2 Å². The third-order valence-electron chi connectivity index (χ3n) is 6.41. The van der Waals surface area contributed by atoms with Crippen molar-refractivity contribution in [3.05, 3.63) is 65.5 Å². The van der Waals surface area contributed by atoms with Crippen molar-refractivity contribution in [2.24, 2.45) is 0 Å². The third-order valence-corrected chi connectivity index (χ3v) is 6.41. The molecule has 0 saturated carbocycles. The molecule has 1 aliphatic rings. The molecule has 0 unspecified atom stereocenters. The fourth-order valence-corrected chi connectivity index (χ4v) is 4.38. The first kappa shape index (κ1) is 21.6. The van der Waals surface area contributed by atoms with Crippen LogP contribution in [0.5, 0.6) is 0 Å². The predicted octanol–water partition coefficient (Wildman–Crippen LogP) is 4.35. The topological polar surface area (TPSA) is 41.4 Å². The summed E-state index contributed by atoms with van der Waals surface area (Å²) >= 11 is 0. The minimum absolute atomic E-state index is 0.104. The third kappa shape index (κ3) is 4.67. The van der Waals surface area contributed by atoms with Crippen LogP contribution in [-0.2, 0) is 18.4 Å². The Labute approximate surface area is 185 Å². The molecule has 0 bridgehead atoms. The molecule has 1 fully saturated rings. The highest BCUT2D eigenvalue weighted by atomic mass is 16.2. The van der Waals surface area contributed by atoms with E-state index in [4.69, 9.17) is 0 Å². The standard InChI is InChI=1S/C26H34N4O/c1-5-29-19-21(23-7-6-13-27-24(23)29)12-14-28-15-17-30(18-16-28)25(31)20-8-10-22(11-9-20)26(2,3)4/h6-11,13,19H,5,12,14-18H2,1-4H3. The Kier molecular flexibility index (Phi) is 6.15. The van der Waals surface area contributed by atoms with Crippen molar-refractivity contribution in [1.29, 1.82) is 0 Å². The number of benzene rings is 1. The maximum atomic E-state index is 12.9. The SMILES string of the molecule is CCn1cc(CCN2CCN(C(=O)c3ccc(C(C)(C)C)cc3)CC2)c2cccnc21. The normalized spacial score (nSPS) is 15.5. The van der Waals surface area contributed by atoms with Crippen molar-refractivity contribution in [1.82, 2.24) is 19.4 Å². The zero-order valence-electron chi connectivity index (χ0n) is 19.3. The van der Waals surface area contributed by atoms with E-state index in [9.17, 15) is 4.79 Å². The fourth-order valence-electron chi connectivity index (χ4n) is 4.38. The highest BCUT2D eigenvalue weighted by Gasteiger charge is 2.23. The van der Waals surface area contributed by atoms with Crippen molar-refractivity contribution < 1.29 is 4.79 Å². The minimum atomic E-state index is 0.104. The lowest BCUT2D eigenvalue weighted by Crippen LogP contribution is -2.49. The highest BCUT2D eigenvalue weighted by Crippen LogP contribution is 2.23. The fraction of sp³-hybridized carbons (Fsp3) is 0.462. The summed E-state index contributed by atoms with van der Waals surface area (Å²) in [6.07, 6.45) is 5.13. The highest BCUT2D eigenvalue weighted by molar-refractivity contribution is 5.94. The summed E-state index contributed by atoms with van der Waals surface area (Å²) in [5.41, 5.74) is 4.59. The first-order chi connectivity index (χ1) is 14.9. The summed E-state index contributed by atoms with van der Waals surface area (Å²) in [6.45, 7) is 14.1. The van der Waals surface area contributed by atoms with Crippen molar-refractivity contribution >= 4 is 16.9 Å². The summed E-state index contributed by atoms with van der Waals surface area (Å²) < 4.78 is 2.23. The number of aromatic nitrogens is 2. The molecule has 0 aliphatic carbocycles. The van der Waals surface area contributed by atoms with Crippen LogP contribution < -0.4 is 0 Å². The van der Waals surface area contributed by atoms with Crippen LogP contribution in [0, 0.1) is 0 Å². The van der Waals surface area contributed by atoms with Gasteiger partial charge in [0.05, 0.1) is 0 Å². The number of piperazine rings is 1. The second-order valence-corrected chi connectivity index (χ2v) is 9.53. The number of aryl methyl sites for hydroxylation is 1. The number of amides is 1. The van der Waals surface area contributed by atoms with E-state index >= 15 is 0 Å². The van der Waals surface area contributed by atoms with Gasteiger partial charge in [0.1, 0.15) is 5.65 Å². The maximum absolute atomic E-state index is 12.9. The van der Waals surface area contributed by atoms with E-state index in [1.165, 1.54) is 16.5 Å². The summed E-state index contributed by atoms with van der Waals surface area (Å²) in [6, 6.07) is 12.3. The molecule has 4 rings (SSSR count). The molecule has 3 heterocycles. The minimum Gasteiger partial charge on any atom is -0.336 e. The number of fused-ring (bicyclic) bond motifs is 1. The Balaban J connectivity index is 1.32. The molecule has 1 aliphatic heterocycles. The zero-order chi connectivity index (χ0) is 22.0. The van der Waals surface area contributed by atoms with E-state index in [0.29, 0.717) is 0 Å². The average molecular weight is 419 g/mol. The summed E-state index contributed by atoms with van der Waals surface area (Å²) in [4.78, 5) is 21.9. The lowest BCUT2D eigenvalue weighted by Gasteiger charge is -2.34. The molecule has 0 atom stereocenters. The molecule has 0 spiro atoms. The number of rotatable bonds is 5. The molecule has 31 heavy (non-hydrogen) atoms. The van der Waals surface area contributed by atoms with Crippen LogP contribution in [0.2, 0.25) is 0 Å². The molecule has 0 N–H and O–H groups in total. The van der Waals surface area contributed by atoms with E-state index in [2.05, 4.69) is 66.5 Å². The van der Waals surface area contributed by atoms with Gasteiger partial charge in [-0.3, -0.25) is 9.69 Å². The average Bonchev–Trinajstić information content (AvgIpc) is 3.15. The van der Waals surface area contributed by atoms with E-state index in [1.54, 1.807) is 0 Å². The van der Waals surface area contributed by atoms with Gasteiger partial charge in [-0.2, -0.15) is 0 Å². The summed E-state index contributed by atoms with van der Waals surface area (Å²) in [5, 5.41) is 1.26. The van der Waals surface area contributed by atoms with Gasteiger partial charge in [0.2, 0.25) is 0 Å². The maximum Gasteiger partial charge on any atom is 0.253 e. The van der Waals surface area contributed by atoms with Gasteiger partial charge in [0, 0.05) is 62.6 Å². The molecule has 3 aromatic rings. The van der Waals surface area contributed by atoms with Gasteiger partial charge in [0.15, 0.2) is 0 Å². The van der Waals surface area contributed by atoms with Gasteiger partial charge in [-0.15, -0.1) is 0 Å². The summed E-state index contributed by atoms with van der Waals surface area (Å²) in [7, 11) is 0. The molecular formula is C26H34N4O. The Hall–Kier alpha value is -2.66. The first-order valence-corrected chi connectivity index (χ1v) is 11.4. The van der Waals surface area contributed by atoms with Gasteiger partial charge in [-0.25, -0.2) is 4.98 Å². The van der Waals surface area contributed by atoms with Gasteiger partial charge >= 0.3 is 0 Å².